The zero-order valence-corrected chi connectivity index (χ0v) is 15.3. The molecule has 4 aromatic rings. The molecule has 4 nitrogen and oxygen atoms in total. The molecule has 0 bridgehead atoms. The molecule has 1 saturated carbocycles. The standard InChI is InChI=1S/C20H17BrN4/c21-14-11-9-13(10-12-14)19-24-18-20(25(19)15-5-1-2-6-15)23-17-8-4-3-7-16(17)22-18/h3-4,7-12,15H,1-2,5-6H2/p+1. The van der Waals surface area contributed by atoms with E-state index >= 15 is 0 Å². The number of fused-ring (bicyclic) bond motifs is 2. The van der Waals surface area contributed by atoms with Gasteiger partial charge in [-0.15, -0.1) is 0 Å². The number of nitrogens with one attached hydrogen (secondary N) is 1. The van der Waals surface area contributed by atoms with Crippen molar-refractivity contribution in [2.24, 2.45) is 0 Å². The summed E-state index contributed by atoms with van der Waals surface area (Å²) in [7, 11) is 0. The van der Waals surface area contributed by atoms with E-state index in [1.807, 2.05) is 24.3 Å². The Balaban J connectivity index is 1.81. The van der Waals surface area contributed by atoms with Gasteiger partial charge in [0.2, 0.25) is 5.82 Å². The Bertz CT molecular complexity index is 1060. The highest BCUT2D eigenvalue weighted by Crippen LogP contribution is 2.30. The summed E-state index contributed by atoms with van der Waals surface area (Å²) in [5.74, 6) is 1.10. The highest BCUT2D eigenvalue weighted by molar-refractivity contribution is 9.10. The number of nitrogens with zero attached hydrogens (tertiary/aromatic N) is 3. The van der Waals surface area contributed by atoms with Crippen LogP contribution in [-0.2, 0) is 0 Å². The van der Waals surface area contributed by atoms with Gasteiger partial charge in [-0.05, 0) is 62.1 Å². The molecule has 0 radical (unpaired) electrons. The topological polar surface area (TPSA) is 45.5 Å². The lowest BCUT2D eigenvalue weighted by Gasteiger charge is -2.10. The van der Waals surface area contributed by atoms with Crippen LogP contribution in [0.15, 0.2) is 53.0 Å². The highest BCUT2D eigenvalue weighted by atomic mass is 79.9. The molecule has 2 aromatic heterocycles. The van der Waals surface area contributed by atoms with Crippen molar-refractivity contribution in [1.29, 1.82) is 0 Å². The first-order chi connectivity index (χ1) is 12.3. The van der Waals surface area contributed by atoms with Gasteiger partial charge in [0, 0.05) is 10.0 Å². The SMILES string of the molecule is Brc1ccc(-c2[nH]c3nc4ccccc4nc3[n+]2C2CCCC2)cc1. The van der Waals surface area contributed by atoms with E-state index in [0.29, 0.717) is 6.04 Å². The molecule has 0 spiro atoms. The number of hydrogen-bond donors (Lipinski definition) is 1. The molecule has 5 heteroatoms. The number of halogens is 1. The van der Waals surface area contributed by atoms with Crippen LogP contribution in [-0.4, -0.2) is 15.0 Å². The molecule has 0 saturated heterocycles. The van der Waals surface area contributed by atoms with Crippen molar-refractivity contribution in [3.8, 4) is 11.4 Å². The molecule has 124 valence electrons. The summed E-state index contributed by atoms with van der Waals surface area (Å²) < 4.78 is 3.46. The minimum atomic E-state index is 0.489. The van der Waals surface area contributed by atoms with Crippen molar-refractivity contribution in [2.75, 3.05) is 0 Å². The fourth-order valence-corrected chi connectivity index (χ4v) is 4.12. The summed E-state index contributed by atoms with van der Waals surface area (Å²) >= 11 is 3.53. The third kappa shape index (κ3) is 2.54. The van der Waals surface area contributed by atoms with Gasteiger partial charge in [0.05, 0.1) is 6.04 Å². The molecule has 2 aromatic carbocycles. The van der Waals surface area contributed by atoms with Gasteiger partial charge in [-0.3, -0.25) is 4.98 Å². The highest BCUT2D eigenvalue weighted by Gasteiger charge is 2.30. The molecule has 1 aliphatic rings. The average molecular weight is 394 g/mol. The Morgan fingerprint density at radius 3 is 2.32 bits per heavy atom. The van der Waals surface area contributed by atoms with Crippen molar-refractivity contribution in [1.82, 2.24) is 15.0 Å². The lowest BCUT2D eigenvalue weighted by molar-refractivity contribution is -0.688. The Hall–Kier alpha value is -2.27. The Morgan fingerprint density at radius 2 is 1.60 bits per heavy atom. The number of hydrogen-bond acceptors (Lipinski definition) is 2. The minimum absolute atomic E-state index is 0.489. The molecule has 1 aliphatic carbocycles. The number of rotatable bonds is 2. The molecule has 5 rings (SSSR count). The second-order valence-corrected chi connectivity index (χ2v) is 7.59. The minimum Gasteiger partial charge on any atom is -0.251 e. The van der Waals surface area contributed by atoms with Gasteiger partial charge in [-0.25, -0.2) is 9.55 Å². The average Bonchev–Trinajstić information content (AvgIpc) is 3.27. The zero-order chi connectivity index (χ0) is 16.8. The summed E-state index contributed by atoms with van der Waals surface area (Å²) in [4.78, 5) is 13.3. The number of benzene rings is 2. The predicted molar refractivity (Wildman–Crippen MR) is 102 cm³/mol. The molecule has 25 heavy (non-hydrogen) atoms. The van der Waals surface area contributed by atoms with E-state index in [-0.39, 0.29) is 0 Å². The maximum Gasteiger partial charge on any atom is 0.323 e. The summed E-state index contributed by atoms with van der Waals surface area (Å²) in [5, 5.41) is 0. The van der Waals surface area contributed by atoms with Crippen molar-refractivity contribution < 1.29 is 4.57 Å². The van der Waals surface area contributed by atoms with E-state index in [1.165, 1.54) is 31.2 Å². The largest absolute Gasteiger partial charge is 0.323 e. The second-order valence-electron chi connectivity index (χ2n) is 6.67. The Labute approximate surface area is 154 Å². The van der Waals surface area contributed by atoms with Gasteiger partial charge in [-0.2, -0.15) is 0 Å². The van der Waals surface area contributed by atoms with Crippen LogP contribution in [0.2, 0.25) is 0 Å². The van der Waals surface area contributed by atoms with Crippen LogP contribution >= 0.6 is 15.9 Å². The number of aromatic amines is 1. The molecule has 2 heterocycles. The van der Waals surface area contributed by atoms with Crippen molar-refractivity contribution in [3.05, 3.63) is 53.0 Å². The van der Waals surface area contributed by atoms with Crippen molar-refractivity contribution >= 4 is 38.3 Å². The number of aromatic nitrogens is 4. The van der Waals surface area contributed by atoms with E-state index in [1.54, 1.807) is 0 Å². The van der Waals surface area contributed by atoms with Crippen LogP contribution in [0.25, 0.3) is 33.7 Å². The molecule has 0 amide bonds. The number of para-hydroxylation sites is 2. The summed E-state index contributed by atoms with van der Waals surface area (Å²) in [6.45, 7) is 0. The molecule has 1 N–H and O–H groups in total. The lowest BCUT2D eigenvalue weighted by atomic mass is 10.2. The second kappa shape index (κ2) is 5.92. The van der Waals surface area contributed by atoms with Gasteiger partial charge in [-0.1, -0.05) is 33.0 Å². The molecule has 0 unspecified atom stereocenters. The summed E-state index contributed by atoms with van der Waals surface area (Å²) in [6.07, 6.45) is 4.97. The van der Waals surface area contributed by atoms with Gasteiger partial charge in [0.15, 0.2) is 5.52 Å². The van der Waals surface area contributed by atoms with Crippen LogP contribution in [0.5, 0.6) is 0 Å². The van der Waals surface area contributed by atoms with E-state index in [4.69, 9.17) is 9.97 Å². The van der Waals surface area contributed by atoms with Gasteiger partial charge in [0.25, 0.3) is 5.65 Å². The van der Waals surface area contributed by atoms with E-state index in [2.05, 4.69) is 49.7 Å². The van der Waals surface area contributed by atoms with E-state index in [0.717, 1.165) is 32.6 Å². The summed E-state index contributed by atoms with van der Waals surface area (Å²) in [5.41, 5.74) is 4.87. The third-order valence-electron chi connectivity index (χ3n) is 5.07. The maximum atomic E-state index is 4.95. The van der Waals surface area contributed by atoms with Crippen LogP contribution in [0, 0.1) is 0 Å². The third-order valence-corrected chi connectivity index (χ3v) is 5.59. The summed E-state index contributed by atoms with van der Waals surface area (Å²) in [6, 6.07) is 17.0. The van der Waals surface area contributed by atoms with Crippen LogP contribution in [0.1, 0.15) is 31.7 Å². The van der Waals surface area contributed by atoms with E-state index < -0.39 is 0 Å². The monoisotopic (exact) mass is 393 g/mol. The smallest absolute Gasteiger partial charge is 0.251 e. The zero-order valence-electron chi connectivity index (χ0n) is 13.7. The normalized spacial score (nSPS) is 15.4. The number of imidazole rings is 1. The van der Waals surface area contributed by atoms with Crippen LogP contribution in [0.4, 0.5) is 0 Å². The fraction of sp³-hybridized carbons (Fsp3) is 0.250. The lowest BCUT2D eigenvalue weighted by Crippen LogP contribution is -2.39. The van der Waals surface area contributed by atoms with Crippen molar-refractivity contribution in [2.45, 2.75) is 31.7 Å². The van der Waals surface area contributed by atoms with Gasteiger partial charge in [0.1, 0.15) is 5.52 Å². The first-order valence-electron chi connectivity index (χ1n) is 8.75. The predicted octanol–water partition coefficient (Wildman–Crippen LogP) is 4.94. The maximum absolute atomic E-state index is 4.95. The fourth-order valence-electron chi connectivity index (χ4n) is 3.86. The molecular weight excluding hydrogens is 376 g/mol. The Morgan fingerprint density at radius 1 is 0.920 bits per heavy atom. The quantitative estimate of drug-likeness (QED) is 0.490. The Kier molecular flexibility index (Phi) is 3.55. The molecule has 0 atom stereocenters. The molecule has 0 aliphatic heterocycles. The molecule has 1 fully saturated rings. The van der Waals surface area contributed by atoms with Crippen LogP contribution in [0.3, 0.4) is 0 Å². The number of H-pyrrole nitrogens is 1. The molecular formula is C20H18BrN4+. The van der Waals surface area contributed by atoms with E-state index in [9.17, 15) is 0 Å². The van der Waals surface area contributed by atoms with Crippen LogP contribution < -0.4 is 4.57 Å². The van der Waals surface area contributed by atoms with Gasteiger partial charge < -0.3 is 0 Å². The van der Waals surface area contributed by atoms with Crippen molar-refractivity contribution in [3.63, 3.8) is 0 Å². The first-order valence-corrected chi connectivity index (χ1v) is 9.55. The first kappa shape index (κ1) is 15.0. The van der Waals surface area contributed by atoms with Gasteiger partial charge >= 0.3 is 5.65 Å².